The number of carbonyl (C=O) groups excluding carboxylic acids is 2. The summed E-state index contributed by atoms with van der Waals surface area (Å²) in [5.74, 6) is -0.678. The molecule has 3 aromatic rings. The second-order valence-electron chi connectivity index (χ2n) is 6.76. The predicted molar refractivity (Wildman–Crippen MR) is 121 cm³/mol. The lowest BCUT2D eigenvalue weighted by Crippen LogP contribution is -2.30. The quantitative estimate of drug-likeness (QED) is 0.360. The summed E-state index contributed by atoms with van der Waals surface area (Å²) in [5.41, 5.74) is 0.899. The molecule has 3 aromatic carbocycles. The Hall–Kier alpha value is -3.65. The van der Waals surface area contributed by atoms with Crippen LogP contribution in [0.1, 0.15) is 27.6 Å². The third-order valence-corrected chi connectivity index (χ3v) is 6.61. The van der Waals surface area contributed by atoms with Gasteiger partial charge in [-0.15, -0.1) is 0 Å². The van der Waals surface area contributed by atoms with Gasteiger partial charge in [-0.25, -0.2) is 13.2 Å². The molecular weight excluding hydrogens is 430 g/mol. The highest BCUT2D eigenvalue weighted by Crippen LogP contribution is 2.24. The Kier molecular flexibility index (Phi) is 7.27. The molecule has 0 aliphatic carbocycles. The van der Waals surface area contributed by atoms with E-state index in [1.54, 1.807) is 61.5 Å². The van der Waals surface area contributed by atoms with Crippen LogP contribution in [0, 0.1) is 0 Å². The molecular formula is C24H23NO6S. The van der Waals surface area contributed by atoms with Crippen LogP contribution in [-0.2, 0) is 14.8 Å². The van der Waals surface area contributed by atoms with Crippen molar-refractivity contribution in [2.24, 2.45) is 0 Å². The number of anilines is 1. The van der Waals surface area contributed by atoms with Crippen molar-refractivity contribution in [2.75, 3.05) is 24.6 Å². The summed E-state index contributed by atoms with van der Waals surface area (Å²) in [4.78, 5) is 24.8. The van der Waals surface area contributed by atoms with Gasteiger partial charge in [0.25, 0.3) is 10.0 Å². The van der Waals surface area contributed by atoms with Crippen LogP contribution < -0.4 is 9.04 Å². The summed E-state index contributed by atoms with van der Waals surface area (Å²) in [6.07, 6.45) is 0. The largest absolute Gasteiger partial charge is 0.497 e. The minimum atomic E-state index is -3.90. The van der Waals surface area contributed by atoms with E-state index in [-0.39, 0.29) is 17.0 Å². The van der Waals surface area contributed by atoms with Crippen molar-refractivity contribution in [3.8, 4) is 5.75 Å². The van der Waals surface area contributed by atoms with Crippen LogP contribution in [-0.4, -0.2) is 40.4 Å². The number of para-hydroxylation sites is 1. The van der Waals surface area contributed by atoms with Gasteiger partial charge in [-0.2, -0.15) is 0 Å². The highest BCUT2D eigenvalue weighted by molar-refractivity contribution is 7.92. The fourth-order valence-corrected chi connectivity index (χ4v) is 4.61. The lowest BCUT2D eigenvalue weighted by atomic mass is 10.1. The van der Waals surface area contributed by atoms with Crippen molar-refractivity contribution >= 4 is 27.5 Å². The summed E-state index contributed by atoms with van der Waals surface area (Å²) in [6.45, 7) is 1.47. The SMILES string of the molecule is CCN(c1ccccc1)S(=O)(=O)c1cccc(C(=O)OCC(=O)c2cccc(OC)c2)c1. The standard InChI is InChI=1S/C24H23NO6S/c1-3-25(20-11-5-4-6-12-20)32(28,29)22-14-8-10-19(16-22)24(27)31-17-23(26)18-9-7-13-21(15-18)30-2/h4-16H,3,17H2,1-2H3. The van der Waals surface area contributed by atoms with Crippen LogP contribution >= 0.6 is 0 Å². The van der Waals surface area contributed by atoms with Gasteiger partial charge in [0.2, 0.25) is 0 Å². The van der Waals surface area contributed by atoms with Crippen LogP contribution in [0.4, 0.5) is 5.69 Å². The molecule has 0 N–H and O–H groups in total. The number of rotatable bonds is 9. The zero-order valence-electron chi connectivity index (χ0n) is 17.7. The molecule has 166 valence electrons. The highest BCUT2D eigenvalue weighted by Gasteiger charge is 2.24. The number of ether oxygens (including phenoxy) is 2. The molecule has 0 bridgehead atoms. The molecule has 0 radical (unpaired) electrons. The molecule has 0 fully saturated rings. The van der Waals surface area contributed by atoms with Gasteiger partial charge in [0.1, 0.15) is 5.75 Å². The third kappa shape index (κ3) is 5.15. The van der Waals surface area contributed by atoms with Gasteiger partial charge in [0.05, 0.1) is 23.3 Å². The highest BCUT2D eigenvalue weighted by atomic mass is 32.2. The maximum Gasteiger partial charge on any atom is 0.338 e. The minimum absolute atomic E-state index is 0.0358. The second-order valence-corrected chi connectivity index (χ2v) is 8.63. The molecule has 0 atom stereocenters. The number of esters is 1. The smallest absolute Gasteiger partial charge is 0.338 e. The van der Waals surface area contributed by atoms with Gasteiger partial charge in [-0.1, -0.05) is 36.4 Å². The molecule has 0 saturated heterocycles. The Morgan fingerprint density at radius 2 is 1.56 bits per heavy atom. The Morgan fingerprint density at radius 1 is 0.875 bits per heavy atom. The van der Waals surface area contributed by atoms with Crippen LogP contribution in [0.3, 0.4) is 0 Å². The molecule has 0 saturated carbocycles. The van der Waals surface area contributed by atoms with Crippen LogP contribution in [0.15, 0.2) is 83.8 Å². The van der Waals surface area contributed by atoms with E-state index in [1.807, 2.05) is 0 Å². The van der Waals surface area contributed by atoms with Crippen LogP contribution in [0.25, 0.3) is 0 Å². The molecule has 0 aromatic heterocycles. The van der Waals surface area contributed by atoms with E-state index in [1.165, 1.54) is 35.7 Å². The molecule has 0 aliphatic rings. The number of sulfonamides is 1. The Morgan fingerprint density at radius 3 is 2.25 bits per heavy atom. The van der Waals surface area contributed by atoms with E-state index >= 15 is 0 Å². The summed E-state index contributed by atoms with van der Waals surface area (Å²) >= 11 is 0. The number of benzene rings is 3. The lowest BCUT2D eigenvalue weighted by molar-refractivity contribution is 0.0474. The number of carbonyl (C=O) groups is 2. The number of hydrogen-bond acceptors (Lipinski definition) is 6. The number of ketones is 1. The number of hydrogen-bond donors (Lipinski definition) is 0. The van der Waals surface area contributed by atoms with Gasteiger partial charge >= 0.3 is 5.97 Å². The average molecular weight is 454 g/mol. The number of nitrogens with zero attached hydrogens (tertiary/aromatic N) is 1. The summed E-state index contributed by atoms with van der Waals surface area (Å²) in [5, 5.41) is 0. The monoisotopic (exact) mass is 453 g/mol. The first-order valence-electron chi connectivity index (χ1n) is 9.89. The van der Waals surface area contributed by atoms with Crippen LogP contribution in [0.5, 0.6) is 5.75 Å². The Labute approximate surface area is 187 Å². The summed E-state index contributed by atoms with van der Waals surface area (Å²) < 4.78 is 37.8. The third-order valence-electron chi connectivity index (χ3n) is 4.72. The normalized spacial score (nSPS) is 10.9. The van der Waals surface area contributed by atoms with Crippen molar-refractivity contribution in [1.29, 1.82) is 0 Å². The number of methoxy groups -OCH3 is 1. The van der Waals surface area contributed by atoms with E-state index in [4.69, 9.17) is 9.47 Å². The summed E-state index contributed by atoms with van der Waals surface area (Å²) in [6, 6.07) is 20.8. The fraction of sp³-hybridized carbons (Fsp3) is 0.167. The molecule has 7 nitrogen and oxygen atoms in total. The molecule has 3 rings (SSSR count). The van der Waals surface area contributed by atoms with E-state index < -0.39 is 28.4 Å². The molecule has 8 heteroatoms. The van der Waals surface area contributed by atoms with Gasteiger partial charge in [-0.3, -0.25) is 9.10 Å². The lowest BCUT2D eigenvalue weighted by Gasteiger charge is -2.23. The van der Waals surface area contributed by atoms with E-state index in [0.29, 0.717) is 17.0 Å². The second kappa shape index (κ2) is 10.1. The van der Waals surface area contributed by atoms with Gasteiger partial charge < -0.3 is 9.47 Å². The zero-order valence-corrected chi connectivity index (χ0v) is 18.5. The van der Waals surface area contributed by atoms with Crippen molar-refractivity contribution < 1.29 is 27.5 Å². The Bertz CT molecular complexity index is 1210. The van der Waals surface area contributed by atoms with Crippen molar-refractivity contribution in [3.63, 3.8) is 0 Å². The first-order chi connectivity index (χ1) is 15.4. The van der Waals surface area contributed by atoms with Crippen molar-refractivity contribution in [3.05, 3.63) is 90.0 Å². The minimum Gasteiger partial charge on any atom is -0.497 e. The molecule has 0 aliphatic heterocycles. The number of Topliss-reactive ketones (excluding diaryl/α,β-unsaturated/α-hetero) is 1. The van der Waals surface area contributed by atoms with Gasteiger partial charge in [0, 0.05) is 12.1 Å². The van der Waals surface area contributed by atoms with Crippen molar-refractivity contribution in [1.82, 2.24) is 0 Å². The molecule has 0 unspecified atom stereocenters. The Balaban J connectivity index is 1.76. The fourth-order valence-electron chi connectivity index (χ4n) is 3.09. The maximum absolute atomic E-state index is 13.2. The van der Waals surface area contributed by atoms with E-state index in [2.05, 4.69) is 0 Å². The summed E-state index contributed by atoms with van der Waals surface area (Å²) in [7, 11) is -2.41. The van der Waals surface area contributed by atoms with Crippen LogP contribution in [0.2, 0.25) is 0 Å². The molecule has 32 heavy (non-hydrogen) atoms. The van der Waals surface area contributed by atoms with E-state index in [0.717, 1.165) is 0 Å². The maximum atomic E-state index is 13.2. The first kappa shape index (κ1) is 23.0. The molecule has 0 spiro atoms. The topological polar surface area (TPSA) is 90.0 Å². The van der Waals surface area contributed by atoms with Gasteiger partial charge in [0.15, 0.2) is 12.4 Å². The van der Waals surface area contributed by atoms with E-state index in [9.17, 15) is 18.0 Å². The molecule has 0 amide bonds. The predicted octanol–water partition coefficient (Wildman–Crippen LogP) is 3.95. The first-order valence-corrected chi connectivity index (χ1v) is 11.3. The zero-order chi connectivity index (χ0) is 23.1. The average Bonchev–Trinajstić information content (AvgIpc) is 2.83. The molecule has 0 heterocycles. The van der Waals surface area contributed by atoms with Crippen molar-refractivity contribution in [2.45, 2.75) is 11.8 Å². The van der Waals surface area contributed by atoms with Gasteiger partial charge in [-0.05, 0) is 49.4 Å².